The van der Waals surface area contributed by atoms with Gasteiger partial charge in [-0.1, -0.05) is 12.1 Å². The molecule has 2 rings (SSSR count). The normalized spacial score (nSPS) is 10.4. The Hall–Kier alpha value is -1.59. The molecule has 1 heterocycles. The SMILES string of the molecule is CCOc1cccc(CNC)c1OCc1cscn1. The van der Waals surface area contributed by atoms with Crippen LogP contribution in [0.3, 0.4) is 0 Å². The number of aromatic nitrogens is 1. The second kappa shape index (κ2) is 7.11. The van der Waals surface area contributed by atoms with Gasteiger partial charge in [-0.05, 0) is 20.0 Å². The maximum atomic E-state index is 5.90. The molecule has 4 nitrogen and oxygen atoms in total. The lowest BCUT2D eigenvalue weighted by Crippen LogP contribution is -2.09. The van der Waals surface area contributed by atoms with E-state index in [9.17, 15) is 0 Å². The van der Waals surface area contributed by atoms with Crippen LogP contribution in [-0.4, -0.2) is 18.6 Å². The number of hydrogen-bond donors (Lipinski definition) is 1. The fraction of sp³-hybridized carbons (Fsp3) is 0.357. The summed E-state index contributed by atoms with van der Waals surface area (Å²) < 4.78 is 11.5. The second-order valence-electron chi connectivity index (χ2n) is 3.98. The summed E-state index contributed by atoms with van der Waals surface area (Å²) in [6.07, 6.45) is 0. The van der Waals surface area contributed by atoms with Gasteiger partial charge in [-0.2, -0.15) is 0 Å². The van der Waals surface area contributed by atoms with Crippen LogP contribution in [0.2, 0.25) is 0 Å². The second-order valence-corrected chi connectivity index (χ2v) is 4.69. The monoisotopic (exact) mass is 278 g/mol. The van der Waals surface area contributed by atoms with Gasteiger partial charge in [0.1, 0.15) is 6.61 Å². The third kappa shape index (κ3) is 3.68. The van der Waals surface area contributed by atoms with Crippen molar-refractivity contribution < 1.29 is 9.47 Å². The number of nitrogens with zero attached hydrogens (tertiary/aromatic N) is 1. The summed E-state index contributed by atoms with van der Waals surface area (Å²) in [5, 5.41) is 5.12. The zero-order valence-corrected chi connectivity index (χ0v) is 12.0. The Balaban J connectivity index is 2.18. The highest BCUT2D eigenvalue weighted by Gasteiger charge is 2.11. The minimum Gasteiger partial charge on any atom is -0.490 e. The van der Waals surface area contributed by atoms with Crippen LogP contribution in [0.4, 0.5) is 0 Å². The van der Waals surface area contributed by atoms with Crippen molar-refractivity contribution in [3.63, 3.8) is 0 Å². The maximum absolute atomic E-state index is 5.90. The molecule has 1 N–H and O–H groups in total. The number of benzene rings is 1. The molecule has 0 spiro atoms. The molecule has 0 aliphatic heterocycles. The van der Waals surface area contributed by atoms with Crippen molar-refractivity contribution in [1.29, 1.82) is 0 Å². The maximum Gasteiger partial charge on any atom is 0.166 e. The van der Waals surface area contributed by atoms with Crippen LogP contribution < -0.4 is 14.8 Å². The minimum atomic E-state index is 0.463. The molecule has 0 fully saturated rings. The molecule has 1 aromatic heterocycles. The van der Waals surface area contributed by atoms with Gasteiger partial charge >= 0.3 is 0 Å². The van der Waals surface area contributed by atoms with Crippen LogP contribution in [0, 0.1) is 0 Å². The van der Waals surface area contributed by atoms with E-state index in [1.807, 2.05) is 43.1 Å². The van der Waals surface area contributed by atoms with Gasteiger partial charge in [0, 0.05) is 17.5 Å². The molecule has 0 aliphatic rings. The number of para-hydroxylation sites is 1. The van der Waals surface area contributed by atoms with E-state index < -0.39 is 0 Å². The van der Waals surface area contributed by atoms with Crippen molar-refractivity contribution in [2.45, 2.75) is 20.1 Å². The van der Waals surface area contributed by atoms with Crippen LogP contribution in [-0.2, 0) is 13.2 Å². The summed E-state index contributed by atoms with van der Waals surface area (Å²) in [4.78, 5) is 4.22. The van der Waals surface area contributed by atoms with Gasteiger partial charge < -0.3 is 14.8 Å². The molecule has 0 radical (unpaired) electrons. The number of thiazole rings is 1. The quantitative estimate of drug-likeness (QED) is 0.846. The Morgan fingerprint density at radius 3 is 2.89 bits per heavy atom. The third-order valence-electron chi connectivity index (χ3n) is 2.58. The molecule has 0 saturated heterocycles. The highest BCUT2D eigenvalue weighted by atomic mass is 32.1. The van der Waals surface area contributed by atoms with Crippen molar-refractivity contribution in [2.75, 3.05) is 13.7 Å². The van der Waals surface area contributed by atoms with Gasteiger partial charge in [0.05, 0.1) is 17.8 Å². The third-order valence-corrected chi connectivity index (χ3v) is 3.21. The average Bonchev–Trinajstić information content (AvgIpc) is 2.92. The zero-order chi connectivity index (χ0) is 13.5. The lowest BCUT2D eigenvalue weighted by atomic mass is 10.2. The summed E-state index contributed by atoms with van der Waals surface area (Å²) >= 11 is 1.57. The summed E-state index contributed by atoms with van der Waals surface area (Å²) in [6, 6.07) is 5.95. The highest BCUT2D eigenvalue weighted by molar-refractivity contribution is 7.07. The Labute approximate surface area is 117 Å². The number of hydrogen-bond acceptors (Lipinski definition) is 5. The number of rotatable bonds is 7. The predicted molar refractivity (Wildman–Crippen MR) is 76.8 cm³/mol. The molecule has 0 bridgehead atoms. The van der Waals surface area contributed by atoms with Crippen molar-refractivity contribution in [3.8, 4) is 11.5 Å². The van der Waals surface area contributed by atoms with E-state index >= 15 is 0 Å². The standard InChI is InChI=1S/C14H18N2O2S/c1-3-17-13-6-4-5-11(7-15-2)14(13)18-8-12-9-19-10-16-12/h4-6,9-10,15H,3,7-8H2,1-2H3. The Bertz CT molecular complexity index is 476. The van der Waals surface area contributed by atoms with E-state index in [4.69, 9.17) is 9.47 Å². The minimum absolute atomic E-state index is 0.463. The van der Waals surface area contributed by atoms with E-state index in [0.717, 1.165) is 29.3 Å². The van der Waals surface area contributed by atoms with Gasteiger partial charge in [-0.25, -0.2) is 4.98 Å². The van der Waals surface area contributed by atoms with Crippen LogP contribution in [0.25, 0.3) is 0 Å². The molecule has 0 saturated carbocycles. The van der Waals surface area contributed by atoms with Gasteiger partial charge in [-0.3, -0.25) is 0 Å². The lowest BCUT2D eigenvalue weighted by Gasteiger charge is -2.15. The fourth-order valence-corrected chi connectivity index (χ4v) is 2.32. The fourth-order valence-electron chi connectivity index (χ4n) is 1.78. The van der Waals surface area contributed by atoms with Crippen LogP contribution in [0.1, 0.15) is 18.2 Å². The molecule has 2 aromatic rings. The van der Waals surface area contributed by atoms with Crippen molar-refractivity contribution in [1.82, 2.24) is 10.3 Å². The smallest absolute Gasteiger partial charge is 0.166 e. The molecular formula is C14H18N2O2S. The Kier molecular flexibility index (Phi) is 5.18. The summed E-state index contributed by atoms with van der Waals surface area (Å²) in [5.41, 5.74) is 3.83. The Morgan fingerprint density at radius 2 is 2.21 bits per heavy atom. The van der Waals surface area contributed by atoms with E-state index in [2.05, 4.69) is 10.3 Å². The molecule has 0 unspecified atom stereocenters. The molecule has 5 heteroatoms. The zero-order valence-electron chi connectivity index (χ0n) is 11.2. The first-order valence-electron chi connectivity index (χ1n) is 6.24. The molecule has 1 aromatic carbocycles. The molecule has 0 amide bonds. The van der Waals surface area contributed by atoms with Crippen molar-refractivity contribution in [3.05, 3.63) is 40.3 Å². The molecule has 0 atom stereocenters. The van der Waals surface area contributed by atoms with Crippen LogP contribution in [0.5, 0.6) is 11.5 Å². The first-order valence-corrected chi connectivity index (χ1v) is 7.18. The van der Waals surface area contributed by atoms with E-state index in [0.29, 0.717) is 13.2 Å². The van der Waals surface area contributed by atoms with Gasteiger partial charge in [-0.15, -0.1) is 11.3 Å². The van der Waals surface area contributed by atoms with E-state index in [1.54, 1.807) is 11.3 Å². The summed E-state index contributed by atoms with van der Waals surface area (Å²) in [5.74, 6) is 1.58. The first-order chi connectivity index (χ1) is 9.35. The lowest BCUT2D eigenvalue weighted by molar-refractivity contribution is 0.264. The van der Waals surface area contributed by atoms with E-state index in [-0.39, 0.29) is 0 Å². The van der Waals surface area contributed by atoms with Crippen LogP contribution in [0.15, 0.2) is 29.1 Å². The number of ether oxygens (including phenoxy) is 2. The topological polar surface area (TPSA) is 43.4 Å². The summed E-state index contributed by atoms with van der Waals surface area (Å²) in [7, 11) is 1.91. The van der Waals surface area contributed by atoms with Gasteiger partial charge in [0.25, 0.3) is 0 Å². The Morgan fingerprint density at radius 1 is 1.32 bits per heavy atom. The predicted octanol–water partition coefficient (Wildman–Crippen LogP) is 2.84. The first kappa shape index (κ1) is 13.8. The van der Waals surface area contributed by atoms with Crippen molar-refractivity contribution >= 4 is 11.3 Å². The highest BCUT2D eigenvalue weighted by Crippen LogP contribution is 2.32. The molecule has 102 valence electrons. The average molecular weight is 278 g/mol. The molecular weight excluding hydrogens is 260 g/mol. The van der Waals surface area contributed by atoms with Crippen molar-refractivity contribution in [2.24, 2.45) is 0 Å². The molecule has 0 aliphatic carbocycles. The largest absolute Gasteiger partial charge is 0.490 e. The summed E-state index contributed by atoms with van der Waals surface area (Å²) in [6.45, 7) is 3.79. The van der Waals surface area contributed by atoms with Gasteiger partial charge in [0.2, 0.25) is 0 Å². The molecule has 19 heavy (non-hydrogen) atoms. The number of nitrogens with one attached hydrogen (secondary N) is 1. The van der Waals surface area contributed by atoms with E-state index in [1.165, 1.54) is 0 Å². The van der Waals surface area contributed by atoms with Crippen LogP contribution >= 0.6 is 11.3 Å². The van der Waals surface area contributed by atoms with Gasteiger partial charge in [0.15, 0.2) is 11.5 Å².